The molecular formula is C3H2InNO2. The van der Waals surface area contributed by atoms with Crippen LogP contribution in [0, 0.1) is 0 Å². The monoisotopic (exact) mass is 199 g/mol. The number of imide groups is 1. The first-order chi connectivity index (χ1) is 3.29. The van der Waals surface area contributed by atoms with Gasteiger partial charge >= 0.3 is 50.7 Å². The summed E-state index contributed by atoms with van der Waals surface area (Å²) in [5.74, 6) is -0.189. The van der Waals surface area contributed by atoms with E-state index in [0.29, 0.717) is 0 Å². The summed E-state index contributed by atoms with van der Waals surface area (Å²) in [4.78, 5) is 20.3. The van der Waals surface area contributed by atoms with Gasteiger partial charge in [-0.15, -0.1) is 0 Å². The van der Waals surface area contributed by atoms with Gasteiger partial charge in [-0.2, -0.15) is 0 Å². The van der Waals surface area contributed by atoms with Crippen molar-refractivity contribution in [2.24, 2.45) is 0 Å². The van der Waals surface area contributed by atoms with Crippen molar-refractivity contribution in [3.05, 3.63) is 0 Å². The molecule has 0 radical (unpaired) electrons. The SMILES string of the molecule is O=C1[CH]=[In][C](=O)N1. The van der Waals surface area contributed by atoms with Crippen molar-refractivity contribution in [1.82, 2.24) is 5.32 Å². The Kier molecular flexibility index (Phi) is 1.27. The van der Waals surface area contributed by atoms with Crippen LogP contribution in [-0.4, -0.2) is 35.8 Å². The molecule has 0 aliphatic carbocycles. The Morgan fingerprint density at radius 2 is 2.29 bits per heavy atom. The molecule has 0 saturated carbocycles. The molecule has 1 heterocycles. The quantitative estimate of drug-likeness (QED) is 0.529. The van der Waals surface area contributed by atoms with Crippen LogP contribution in [0.4, 0.5) is 4.79 Å². The summed E-state index contributed by atoms with van der Waals surface area (Å²) in [5.41, 5.74) is 0. The Morgan fingerprint density at radius 1 is 1.57 bits per heavy atom. The minimum absolute atomic E-state index is 0.0137. The predicted molar refractivity (Wildman–Crippen MR) is 25.4 cm³/mol. The maximum absolute atomic E-state index is 10.2. The molecule has 0 aromatic rings. The van der Waals surface area contributed by atoms with Crippen molar-refractivity contribution in [2.75, 3.05) is 0 Å². The molecule has 1 rings (SSSR count). The van der Waals surface area contributed by atoms with Gasteiger partial charge in [-0.25, -0.2) is 0 Å². The average Bonchev–Trinajstić information content (AvgIpc) is 1.87. The fourth-order valence-electron chi connectivity index (χ4n) is 0.356. The molecule has 0 atom stereocenters. The Morgan fingerprint density at radius 3 is 2.43 bits per heavy atom. The standard InChI is InChI=1S/C3H2NO2.In/c1-3(6)4-2-5;/h1H,(H,4,5,6);. The first kappa shape index (κ1) is 5.03. The molecule has 1 N–H and O–H groups in total. The Hall–Kier alpha value is -0.120. The van der Waals surface area contributed by atoms with Crippen LogP contribution in [0.2, 0.25) is 0 Å². The predicted octanol–water partition coefficient (Wildman–Crippen LogP) is -1.26. The molecule has 0 saturated heterocycles. The number of nitrogens with one attached hydrogen (secondary N) is 1. The first-order valence-electron chi connectivity index (χ1n) is 1.82. The fraction of sp³-hybridized carbons (Fsp3) is 0. The zero-order chi connectivity index (χ0) is 5.28. The number of carbonyl (C=O) groups excluding carboxylic acids is 2. The topological polar surface area (TPSA) is 46.2 Å². The molecule has 0 aromatic heterocycles. The molecule has 0 spiro atoms. The Balaban J connectivity index is 2.76. The van der Waals surface area contributed by atoms with E-state index in [1.165, 1.54) is 3.76 Å². The van der Waals surface area contributed by atoms with Crippen LogP contribution in [-0.2, 0) is 4.79 Å². The van der Waals surface area contributed by atoms with Gasteiger partial charge in [0.25, 0.3) is 0 Å². The second-order valence-electron chi connectivity index (χ2n) is 1.19. The molecule has 0 aromatic carbocycles. The third-order valence-corrected chi connectivity index (χ3v) is 3.25. The van der Waals surface area contributed by atoms with Crippen LogP contribution >= 0.6 is 0 Å². The Labute approximate surface area is 50.9 Å². The van der Waals surface area contributed by atoms with Gasteiger partial charge in [-0.05, 0) is 0 Å². The molecule has 1 aliphatic heterocycles. The fourth-order valence-corrected chi connectivity index (χ4v) is 2.10. The van der Waals surface area contributed by atoms with Crippen molar-refractivity contribution in [1.29, 1.82) is 0 Å². The molecule has 0 fully saturated rings. The Bertz CT molecular complexity index is 135. The van der Waals surface area contributed by atoms with Gasteiger partial charge in [0, 0.05) is 0 Å². The summed E-state index contributed by atoms with van der Waals surface area (Å²) in [6, 6.07) is 0. The zero-order valence-corrected chi connectivity index (χ0v) is 6.77. The van der Waals surface area contributed by atoms with E-state index in [4.69, 9.17) is 0 Å². The maximum atomic E-state index is 10.2. The van der Waals surface area contributed by atoms with Crippen LogP contribution < -0.4 is 5.32 Å². The van der Waals surface area contributed by atoms with Crippen LogP contribution in [0.25, 0.3) is 0 Å². The van der Waals surface area contributed by atoms with Gasteiger partial charge < -0.3 is 0 Å². The van der Waals surface area contributed by atoms with Crippen molar-refractivity contribution in [2.45, 2.75) is 0 Å². The van der Waals surface area contributed by atoms with Gasteiger partial charge in [-0.1, -0.05) is 0 Å². The van der Waals surface area contributed by atoms with Gasteiger partial charge in [-0.3, -0.25) is 0 Å². The summed E-state index contributed by atoms with van der Waals surface area (Å²) >= 11 is -1.19. The van der Waals surface area contributed by atoms with Crippen LogP contribution in [0.1, 0.15) is 0 Å². The van der Waals surface area contributed by atoms with E-state index in [0.717, 1.165) is 0 Å². The second-order valence-corrected chi connectivity index (χ2v) is 4.59. The zero-order valence-electron chi connectivity index (χ0n) is 3.47. The van der Waals surface area contributed by atoms with E-state index in [-0.39, 0.29) is 9.57 Å². The number of carbonyl (C=O) groups is 2. The van der Waals surface area contributed by atoms with Crippen LogP contribution in [0.5, 0.6) is 0 Å². The number of amides is 2. The first-order valence-corrected chi connectivity index (χ1v) is 5.37. The van der Waals surface area contributed by atoms with Crippen molar-refractivity contribution in [3.8, 4) is 0 Å². The van der Waals surface area contributed by atoms with E-state index < -0.39 is 22.4 Å². The third-order valence-electron chi connectivity index (χ3n) is 0.632. The van der Waals surface area contributed by atoms with Crippen LogP contribution in [0.3, 0.4) is 0 Å². The molecule has 7 heavy (non-hydrogen) atoms. The molecule has 0 bridgehead atoms. The number of rotatable bonds is 0. The van der Waals surface area contributed by atoms with E-state index in [2.05, 4.69) is 5.32 Å². The second kappa shape index (κ2) is 1.78. The van der Waals surface area contributed by atoms with Crippen LogP contribution in [0.15, 0.2) is 0 Å². The van der Waals surface area contributed by atoms with Gasteiger partial charge in [0.15, 0.2) is 0 Å². The normalized spacial score (nSPS) is 16.6. The van der Waals surface area contributed by atoms with Gasteiger partial charge in [0.2, 0.25) is 0 Å². The van der Waals surface area contributed by atoms with Crippen molar-refractivity contribution in [3.63, 3.8) is 0 Å². The minimum atomic E-state index is -1.19. The number of hydrogen-bond donors (Lipinski definition) is 1. The summed E-state index contributed by atoms with van der Waals surface area (Å²) in [6.45, 7) is 0. The van der Waals surface area contributed by atoms with E-state index in [9.17, 15) is 9.59 Å². The molecule has 3 nitrogen and oxygen atoms in total. The van der Waals surface area contributed by atoms with E-state index in [1.807, 2.05) is 0 Å². The molecular weight excluding hydrogens is 197 g/mol. The molecule has 1 aliphatic rings. The molecule has 34 valence electrons. The molecule has 2 amide bonds. The summed E-state index contributed by atoms with van der Waals surface area (Å²) in [6.07, 6.45) is 0. The van der Waals surface area contributed by atoms with E-state index in [1.54, 1.807) is 0 Å². The number of hydrogen-bond acceptors (Lipinski definition) is 2. The van der Waals surface area contributed by atoms with Crippen molar-refractivity contribution >= 4 is 35.8 Å². The summed E-state index contributed by atoms with van der Waals surface area (Å²) in [7, 11) is 0. The van der Waals surface area contributed by atoms with E-state index >= 15 is 0 Å². The average molecular weight is 199 g/mol. The molecule has 4 heteroatoms. The summed E-state index contributed by atoms with van der Waals surface area (Å²) in [5, 5.41) is 2.17. The van der Waals surface area contributed by atoms with Crippen molar-refractivity contribution < 1.29 is 9.59 Å². The third kappa shape index (κ3) is 1.12. The van der Waals surface area contributed by atoms with Gasteiger partial charge in [0.05, 0.1) is 0 Å². The summed E-state index contributed by atoms with van der Waals surface area (Å²) < 4.78 is 1.50. The molecule has 0 unspecified atom stereocenters. The van der Waals surface area contributed by atoms with Gasteiger partial charge in [0.1, 0.15) is 0 Å².